The number of hydrogen-bond acceptors (Lipinski definition) is 6. The first-order valence-corrected chi connectivity index (χ1v) is 16.6. The van der Waals surface area contributed by atoms with E-state index in [2.05, 4.69) is 12.2 Å². The largest absolute Gasteiger partial charge is 0.494 e. The van der Waals surface area contributed by atoms with E-state index >= 15 is 0 Å². The summed E-state index contributed by atoms with van der Waals surface area (Å²) >= 11 is 1.60. The molecule has 1 unspecified atom stereocenters. The fourth-order valence-corrected chi connectivity index (χ4v) is 9.51. The van der Waals surface area contributed by atoms with Gasteiger partial charge in [-0.25, -0.2) is 0 Å². The van der Waals surface area contributed by atoms with E-state index in [1.807, 2.05) is 80.3 Å². The van der Waals surface area contributed by atoms with Crippen molar-refractivity contribution < 1.29 is 24.2 Å². The Kier molecular flexibility index (Phi) is 8.61. The van der Waals surface area contributed by atoms with Gasteiger partial charge >= 0.3 is 0 Å². The van der Waals surface area contributed by atoms with Gasteiger partial charge in [0.1, 0.15) is 11.8 Å². The fourth-order valence-electron chi connectivity index (χ4n) is 7.50. The minimum absolute atomic E-state index is 0.0910. The molecule has 1 N–H and O–H groups in total. The molecule has 2 saturated heterocycles. The van der Waals surface area contributed by atoms with E-state index in [9.17, 15) is 19.5 Å². The summed E-state index contributed by atoms with van der Waals surface area (Å²) in [6.07, 6.45) is 10.2. The highest BCUT2D eigenvalue weighted by atomic mass is 32.2. The Morgan fingerprint density at radius 3 is 2.34 bits per heavy atom. The van der Waals surface area contributed by atoms with Crippen LogP contribution in [0.25, 0.3) is 0 Å². The van der Waals surface area contributed by atoms with Gasteiger partial charge in [0.2, 0.25) is 11.8 Å². The van der Waals surface area contributed by atoms with Gasteiger partial charge in [-0.05, 0) is 75.4 Å². The van der Waals surface area contributed by atoms with Crippen LogP contribution >= 0.6 is 11.8 Å². The highest BCUT2D eigenvalue weighted by Crippen LogP contribution is 2.61. The first-order chi connectivity index (χ1) is 21.3. The highest BCUT2D eigenvalue weighted by Gasteiger charge is 2.71. The number of nitrogens with zero attached hydrogens (tertiary/aromatic N) is 3. The van der Waals surface area contributed by atoms with E-state index < -0.39 is 22.6 Å². The number of likely N-dealkylation sites (tertiary alicyclic amines) is 1. The Balaban J connectivity index is 1.40. The maximum atomic E-state index is 14.8. The van der Waals surface area contributed by atoms with Crippen molar-refractivity contribution in [3.05, 3.63) is 77.9 Å². The fraction of sp³-hybridized carbons (Fsp3) is 0.457. The molecule has 2 aromatic rings. The van der Waals surface area contributed by atoms with Gasteiger partial charge in [-0.1, -0.05) is 42.5 Å². The quantitative estimate of drug-likeness (QED) is 0.326. The number of rotatable bonds is 9. The van der Waals surface area contributed by atoms with Gasteiger partial charge in [-0.3, -0.25) is 14.4 Å². The van der Waals surface area contributed by atoms with Gasteiger partial charge < -0.3 is 24.5 Å². The van der Waals surface area contributed by atoms with Gasteiger partial charge in [0.25, 0.3) is 5.91 Å². The molecule has 0 bridgehead atoms. The number of carbonyl (C=O) groups is 3. The van der Waals surface area contributed by atoms with Crippen LogP contribution in [0.3, 0.4) is 0 Å². The average molecular weight is 616 g/mol. The third-order valence-corrected chi connectivity index (χ3v) is 11.1. The molecule has 0 aromatic heterocycles. The number of hydrogen-bond donors (Lipinski definition) is 1. The number of amides is 3. The lowest BCUT2D eigenvalue weighted by molar-refractivity contribution is -0.138. The third kappa shape index (κ3) is 5.04. The molecule has 4 aliphatic rings. The molecule has 2 fully saturated rings. The Bertz CT molecular complexity index is 1470. The summed E-state index contributed by atoms with van der Waals surface area (Å²) in [7, 11) is 0. The predicted octanol–water partition coefficient (Wildman–Crippen LogP) is 4.67. The number of aryl methyl sites for hydroxylation is 2. The zero-order valence-electron chi connectivity index (χ0n) is 25.6. The lowest BCUT2D eigenvalue weighted by Gasteiger charge is -2.36. The van der Waals surface area contributed by atoms with Crippen molar-refractivity contribution in [3.63, 3.8) is 0 Å². The van der Waals surface area contributed by atoms with Crippen molar-refractivity contribution in [2.24, 2.45) is 11.8 Å². The number of benzene rings is 2. The SMILES string of the molecule is CCOc1ccc(N2CC=C[C@H]3S[C@]45C=CCN(c6c(C)cccc6C)C(=O)C4N(CCCCCO)C(=O)[C@@H]5[C@H]3C2=O)cc1. The van der Waals surface area contributed by atoms with Crippen LogP contribution < -0.4 is 14.5 Å². The Morgan fingerprint density at radius 2 is 1.64 bits per heavy atom. The summed E-state index contributed by atoms with van der Waals surface area (Å²) < 4.78 is 4.74. The van der Waals surface area contributed by atoms with Crippen molar-refractivity contribution in [1.82, 2.24) is 4.90 Å². The molecule has 0 saturated carbocycles. The Hall–Kier alpha value is -3.56. The summed E-state index contributed by atoms with van der Waals surface area (Å²) in [5.41, 5.74) is 3.65. The minimum atomic E-state index is -0.867. The number of unbranched alkanes of at least 4 members (excludes halogenated alkanes) is 2. The van der Waals surface area contributed by atoms with E-state index in [-0.39, 0.29) is 29.6 Å². The number of anilines is 2. The normalized spacial score (nSPS) is 27.7. The Morgan fingerprint density at radius 1 is 0.909 bits per heavy atom. The van der Waals surface area contributed by atoms with E-state index in [0.717, 1.165) is 34.7 Å². The van der Waals surface area contributed by atoms with Crippen LogP contribution in [0.1, 0.15) is 37.3 Å². The lowest BCUT2D eigenvalue weighted by atomic mass is 9.78. The van der Waals surface area contributed by atoms with Crippen LogP contribution in [-0.4, -0.2) is 76.6 Å². The molecule has 8 nitrogen and oxygen atoms in total. The van der Waals surface area contributed by atoms with E-state index in [0.29, 0.717) is 39.1 Å². The number of aliphatic hydroxyl groups is 1. The number of para-hydroxylation sites is 1. The number of aliphatic hydroxyl groups excluding tert-OH is 1. The first kappa shape index (κ1) is 30.5. The summed E-state index contributed by atoms with van der Waals surface area (Å²) in [5, 5.41) is 9.13. The zero-order chi connectivity index (χ0) is 31.0. The van der Waals surface area contributed by atoms with E-state index in [1.165, 1.54) is 0 Å². The van der Waals surface area contributed by atoms with Crippen molar-refractivity contribution in [1.29, 1.82) is 0 Å². The molecule has 4 aliphatic heterocycles. The van der Waals surface area contributed by atoms with Crippen LogP contribution in [0.4, 0.5) is 11.4 Å². The van der Waals surface area contributed by atoms with Crippen molar-refractivity contribution in [3.8, 4) is 5.75 Å². The molecule has 232 valence electrons. The minimum Gasteiger partial charge on any atom is -0.494 e. The number of carbonyl (C=O) groups excluding carboxylic acids is 3. The van der Waals surface area contributed by atoms with Gasteiger partial charge in [0.05, 0.1) is 23.2 Å². The summed E-state index contributed by atoms with van der Waals surface area (Å²) in [4.78, 5) is 49.1. The molecule has 5 atom stereocenters. The van der Waals surface area contributed by atoms with Crippen LogP contribution in [0.5, 0.6) is 5.75 Å². The van der Waals surface area contributed by atoms with Gasteiger partial charge in [-0.2, -0.15) is 0 Å². The second-order valence-electron chi connectivity index (χ2n) is 12.1. The van der Waals surface area contributed by atoms with Crippen molar-refractivity contribution in [2.45, 2.75) is 56.1 Å². The molecular weight excluding hydrogens is 574 g/mol. The van der Waals surface area contributed by atoms with Crippen LogP contribution in [-0.2, 0) is 14.4 Å². The maximum absolute atomic E-state index is 14.8. The zero-order valence-corrected chi connectivity index (χ0v) is 26.5. The van der Waals surface area contributed by atoms with Crippen LogP contribution in [0.15, 0.2) is 66.8 Å². The molecule has 44 heavy (non-hydrogen) atoms. The van der Waals surface area contributed by atoms with Crippen LogP contribution in [0, 0.1) is 25.7 Å². The van der Waals surface area contributed by atoms with Gasteiger partial charge in [0.15, 0.2) is 0 Å². The molecule has 6 rings (SSSR count). The standard InChI is InChI=1S/C35H41N3O5S/c1-4-43-26-16-14-25(15-17-26)36-20-9-13-27-28(32(36)40)29-33(41)38(19-6-5-7-22-39)31-34(42)37(21-10-18-35(29,31)44-27)30-23(2)11-8-12-24(30)3/h8-18,27-29,31,39H,4-7,19-22H2,1-3H3/t27-,28+,29+,31?,35+/m1/s1. The number of fused-ring (bicyclic) bond motifs is 2. The van der Waals surface area contributed by atoms with Crippen LogP contribution in [0.2, 0.25) is 0 Å². The Labute approximate surface area is 263 Å². The van der Waals surface area contributed by atoms with Crippen molar-refractivity contribution in [2.75, 3.05) is 42.6 Å². The summed E-state index contributed by atoms with van der Waals surface area (Å²) in [5.74, 6) is -0.858. The average Bonchev–Trinajstić information content (AvgIpc) is 3.32. The summed E-state index contributed by atoms with van der Waals surface area (Å²) in [6, 6.07) is 12.8. The molecular formula is C35H41N3O5S. The molecule has 3 amide bonds. The number of thioether (sulfide) groups is 1. The van der Waals surface area contributed by atoms with E-state index in [1.54, 1.807) is 21.6 Å². The molecule has 0 aliphatic carbocycles. The van der Waals surface area contributed by atoms with Gasteiger partial charge in [0, 0.05) is 42.9 Å². The summed E-state index contributed by atoms with van der Waals surface area (Å²) in [6.45, 7) is 7.83. The smallest absolute Gasteiger partial charge is 0.251 e. The van der Waals surface area contributed by atoms with E-state index in [4.69, 9.17) is 4.74 Å². The molecule has 0 radical (unpaired) electrons. The highest BCUT2D eigenvalue weighted by molar-refractivity contribution is 8.02. The monoisotopic (exact) mass is 615 g/mol. The number of ether oxygens (including phenoxy) is 1. The van der Waals surface area contributed by atoms with Crippen molar-refractivity contribution >= 4 is 40.9 Å². The molecule has 4 heterocycles. The molecule has 2 aromatic carbocycles. The third-order valence-electron chi connectivity index (χ3n) is 9.38. The second-order valence-corrected chi connectivity index (χ2v) is 13.5. The molecule has 9 heteroatoms. The second kappa shape index (κ2) is 12.4. The lowest BCUT2D eigenvalue weighted by Crippen LogP contribution is -2.53. The van der Waals surface area contributed by atoms with Gasteiger partial charge in [-0.15, -0.1) is 11.8 Å². The maximum Gasteiger partial charge on any atom is 0.251 e. The first-order valence-electron chi connectivity index (χ1n) is 15.7. The predicted molar refractivity (Wildman–Crippen MR) is 174 cm³/mol. The molecule has 1 spiro atoms. The topological polar surface area (TPSA) is 90.4 Å².